The van der Waals surface area contributed by atoms with Crippen LogP contribution in [0.15, 0.2) is 48.7 Å². The SMILES string of the molecule is CCCn1ccc2cc(NC(=O)c3cccc4c3OC(C)C(=O)N4)ccc21. The molecule has 1 aromatic heterocycles. The van der Waals surface area contributed by atoms with Gasteiger partial charge >= 0.3 is 0 Å². The number of benzene rings is 2. The van der Waals surface area contributed by atoms with E-state index in [4.69, 9.17) is 4.74 Å². The van der Waals surface area contributed by atoms with Crippen LogP contribution in [0.1, 0.15) is 30.6 Å². The largest absolute Gasteiger partial charge is 0.478 e. The van der Waals surface area contributed by atoms with Crippen molar-refractivity contribution in [3.63, 3.8) is 0 Å². The van der Waals surface area contributed by atoms with Crippen LogP contribution in [0, 0.1) is 0 Å². The Labute approximate surface area is 157 Å². The minimum Gasteiger partial charge on any atom is -0.478 e. The van der Waals surface area contributed by atoms with Crippen LogP contribution >= 0.6 is 0 Å². The number of hydrogen-bond acceptors (Lipinski definition) is 3. The smallest absolute Gasteiger partial charge is 0.265 e. The second kappa shape index (κ2) is 6.79. The lowest BCUT2D eigenvalue weighted by Crippen LogP contribution is -2.35. The van der Waals surface area contributed by atoms with Crippen LogP contribution in [-0.4, -0.2) is 22.5 Å². The van der Waals surface area contributed by atoms with Crippen LogP contribution in [0.3, 0.4) is 0 Å². The third-order valence-electron chi connectivity index (χ3n) is 4.67. The van der Waals surface area contributed by atoms with Crippen molar-refractivity contribution in [2.24, 2.45) is 0 Å². The molecule has 0 bridgehead atoms. The molecule has 138 valence electrons. The average Bonchev–Trinajstić information content (AvgIpc) is 3.05. The van der Waals surface area contributed by atoms with E-state index >= 15 is 0 Å². The first-order valence-electron chi connectivity index (χ1n) is 9.07. The molecule has 2 amide bonds. The standard InChI is InChI=1S/C21H21N3O3/c1-3-10-24-11-9-14-12-15(7-8-18(14)24)22-21(26)16-5-4-6-17-19(16)27-13(2)20(25)23-17/h4-9,11-13H,3,10H2,1-2H3,(H,22,26)(H,23,25). The zero-order chi connectivity index (χ0) is 19.0. The summed E-state index contributed by atoms with van der Waals surface area (Å²) < 4.78 is 7.86. The third kappa shape index (κ3) is 3.14. The number of ether oxygens (including phenoxy) is 1. The molecule has 6 nitrogen and oxygen atoms in total. The Bertz CT molecular complexity index is 1040. The molecule has 3 aromatic rings. The number of rotatable bonds is 4. The molecule has 0 aliphatic carbocycles. The fraction of sp³-hybridized carbons (Fsp3) is 0.238. The van der Waals surface area contributed by atoms with Crippen molar-refractivity contribution in [3.05, 3.63) is 54.2 Å². The summed E-state index contributed by atoms with van der Waals surface area (Å²) in [5, 5.41) is 6.77. The Morgan fingerprint density at radius 3 is 2.93 bits per heavy atom. The summed E-state index contributed by atoms with van der Waals surface area (Å²) >= 11 is 0. The molecule has 1 unspecified atom stereocenters. The van der Waals surface area contributed by atoms with Gasteiger partial charge < -0.3 is 19.9 Å². The minimum absolute atomic E-state index is 0.220. The first kappa shape index (κ1) is 17.1. The van der Waals surface area contributed by atoms with Crippen LogP contribution in [0.25, 0.3) is 10.9 Å². The third-order valence-corrected chi connectivity index (χ3v) is 4.67. The number of anilines is 2. The Morgan fingerprint density at radius 2 is 2.11 bits per heavy atom. The van der Waals surface area contributed by atoms with Crippen LogP contribution in [0.4, 0.5) is 11.4 Å². The number of fused-ring (bicyclic) bond motifs is 2. The number of nitrogens with zero attached hydrogens (tertiary/aromatic N) is 1. The molecule has 0 saturated heterocycles. The lowest BCUT2D eigenvalue weighted by Gasteiger charge is -2.25. The number of carbonyl (C=O) groups excluding carboxylic acids is 2. The Kier molecular flexibility index (Phi) is 4.32. The molecule has 4 rings (SSSR count). The predicted octanol–water partition coefficient (Wildman–Crippen LogP) is 4.02. The molecule has 0 fully saturated rings. The van der Waals surface area contributed by atoms with E-state index in [0.717, 1.165) is 23.9 Å². The number of amides is 2. The van der Waals surface area contributed by atoms with Crippen molar-refractivity contribution < 1.29 is 14.3 Å². The normalized spacial score (nSPS) is 15.8. The lowest BCUT2D eigenvalue weighted by atomic mass is 10.1. The summed E-state index contributed by atoms with van der Waals surface area (Å²) in [5.41, 5.74) is 2.76. The van der Waals surface area contributed by atoms with Crippen LogP contribution in [0.2, 0.25) is 0 Å². The van der Waals surface area contributed by atoms with E-state index < -0.39 is 6.10 Å². The first-order chi connectivity index (χ1) is 13.1. The molecule has 1 aliphatic heterocycles. The highest BCUT2D eigenvalue weighted by Crippen LogP contribution is 2.34. The summed E-state index contributed by atoms with van der Waals surface area (Å²) in [6, 6.07) is 13.0. The van der Waals surface area contributed by atoms with Crippen LogP contribution < -0.4 is 15.4 Å². The van der Waals surface area contributed by atoms with Gasteiger partial charge in [-0.1, -0.05) is 13.0 Å². The van der Waals surface area contributed by atoms with E-state index in [-0.39, 0.29) is 11.8 Å². The highest BCUT2D eigenvalue weighted by Gasteiger charge is 2.27. The van der Waals surface area contributed by atoms with Crippen LogP contribution in [0.5, 0.6) is 5.75 Å². The maximum atomic E-state index is 12.8. The van der Waals surface area contributed by atoms with Gasteiger partial charge in [0.25, 0.3) is 11.8 Å². The second-order valence-electron chi connectivity index (χ2n) is 6.67. The predicted molar refractivity (Wildman–Crippen MR) is 105 cm³/mol. The maximum absolute atomic E-state index is 12.8. The number of aromatic nitrogens is 1. The van der Waals surface area contributed by atoms with Crippen molar-refractivity contribution in [1.82, 2.24) is 4.57 Å². The van der Waals surface area contributed by atoms with Gasteiger partial charge in [-0.05, 0) is 49.7 Å². The number of para-hydroxylation sites is 1. The fourth-order valence-electron chi connectivity index (χ4n) is 3.32. The van der Waals surface area contributed by atoms with Gasteiger partial charge in [-0.2, -0.15) is 0 Å². The summed E-state index contributed by atoms with van der Waals surface area (Å²) in [7, 11) is 0. The molecular formula is C21H21N3O3. The van der Waals surface area contributed by atoms with Crippen molar-refractivity contribution >= 4 is 34.1 Å². The molecule has 2 aromatic carbocycles. The van der Waals surface area contributed by atoms with E-state index in [1.54, 1.807) is 25.1 Å². The van der Waals surface area contributed by atoms with Crippen molar-refractivity contribution in [2.75, 3.05) is 10.6 Å². The molecule has 1 aliphatic rings. The van der Waals surface area contributed by atoms with Gasteiger partial charge in [-0.3, -0.25) is 9.59 Å². The molecule has 27 heavy (non-hydrogen) atoms. The van der Waals surface area contributed by atoms with Gasteiger partial charge in [0.1, 0.15) is 0 Å². The summed E-state index contributed by atoms with van der Waals surface area (Å²) in [6.07, 6.45) is 2.49. The lowest BCUT2D eigenvalue weighted by molar-refractivity contribution is -0.122. The quantitative estimate of drug-likeness (QED) is 0.735. The first-order valence-corrected chi connectivity index (χ1v) is 9.07. The van der Waals surface area contributed by atoms with E-state index in [2.05, 4.69) is 28.3 Å². The van der Waals surface area contributed by atoms with Gasteiger partial charge in [0.15, 0.2) is 11.9 Å². The molecule has 2 heterocycles. The van der Waals surface area contributed by atoms with E-state index in [0.29, 0.717) is 22.7 Å². The monoisotopic (exact) mass is 363 g/mol. The number of nitrogens with one attached hydrogen (secondary N) is 2. The highest BCUT2D eigenvalue weighted by molar-refractivity contribution is 6.09. The van der Waals surface area contributed by atoms with E-state index in [1.807, 2.05) is 24.3 Å². The molecule has 2 N–H and O–H groups in total. The van der Waals surface area contributed by atoms with Crippen molar-refractivity contribution in [2.45, 2.75) is 32.9 Å². The minimum atomic E-state index is -0.638. The van der Waals surface area contributed by atoms with Gasteiger partial charge in [0.2, 0.25) is 0 Å². The molecule has 0 radical (unpaired) electrons. The van der Waals surface area contributed by atoms with Crippen molar-refractivity contribution in [1.29, 1.82) is 0 Å². The molecular weight excluding hydrogens is 342 g/mol. The molecule has 6 heteroatoms. The Hall–Kier alpha value is -3.28. The Balaban J connectivity index is 1.61. The average molecular weight is 363 g/mol. The summed E-state index contributed by atoms with van der Waals surface area (Å²) in [4.78, 5) is 24.6. The molecule has 0 spiro atoms. The number of hydrogen-bond donors (Lipinski definition) is 2. The van der Waals surface area contributed by atoms with Crippen LogP contribution in [-0.2, 0) is 11.3 Å². The highest BCUT2D eigenvalue weighted by atomic mass is 16.5. The topological polar surface area (TPSA) is 72.4 Å². The van der Waals surface area contributed by atoms with Gasteiger partial charge in [-0.15, -0.1) is 0 Å². The number of aryl methyl sites for hydroxylation is 1. The molecule has 1 atom stereocenters. The maximum Gasteiger partial charge on any atom is 0.265 e. The Morgan fingerprint density at radius 1 is 1.26 bits per heavy atom. The summed E-state index contributed by atoms with van der Waals surface area (Å²) in [6.45, 7) is 4.76. The summed E-state index contributed by atoms with van der Waals surface area (Å²) in [5.74, 6) is -0.0954. The molecule has 0 saturated carbocycles. The van der Waals surface area contributed by atoms with Gasteiger partial charge in [-0.25, -0.2) is 0 Å². The zero-order valence-corrected chi connectivity index (χ0v) is 15.3. The van der Waals surface area contributed by atoms with E-state index in [1.165, 1.54) is 0 Å². The van der Waals surface area contributed by atoms with Gasteiger partial charge in [0.05, 0.1) is 11.3 Å². The zero-order valence-electron chi connectivity index (χ0n) is 15.3. The van der Waals surface area contributed by atoms with Crippen molar-refractivity contribution in [3.8, 4) is 5.75 Å². The van der Waals surface area contributed by atoms with E-state index in [9.17, 15) is 9.59 Å². The fourth-order valence-corrected chi connectivity index (χ4v) is 3.32. The van der Waals surface area contributed by atoms with Gasteiger partial charge in [0, 0.05) is 29.3 Å². The number of carbonyl (C=O) groups is 2. The second-order valence-corrected chi connectivity index (χ2v) is 6.67.